The molecule has 4 heteroatoms. The van der Waals surface area contributed by atoms with Crippen LogP contribution in [0.4, 0.5) is 0 Å². The largest absolute Gasteiger partial charge is 0.481 e. The minimum atomic E-state index is -0.685. The van der Waals surface area contributed by atoms with E-state index in [9.17, 15) is 15.0 Å². The van der Waals surface area contributed by atoms with E-state index in [-0.39, 0.29) is 30.0 Å². The maximum absolute atomic E-state index is 11.7. The van der Waals surface area contributed by atoms with Crippen LogP contribution < -0.4 is 0 Å². The van der Waals surface area contributed by atoms with Gasteiger partial charge in [-0.1, -0.05) is 34.1 Å². The van der Waals surface area contributed by atoms with Crippen molar-refractivity contribution in [2.45, 2.75) is 111 Å². The number of aliphatic hydroxyl groups excluding tert-OH is 2. The minimum absolute atomic E-state index is 0.218. The van der Waals surface area contributed by atoms with E-state index < -0.39 is 5.97 Å². The van der Waals surface area contributed by atoms with Crippen LogP contribution in [-0.4, -0.2) is 33.5 Å². The zero-order chi connectivity index (χ0) is 22.1. The maximum atomic E-state index is 11.7. The number of aliphatic hydroxyl groups is 2. The summed E-state index contributed by atoms with van der Waals surface area (Å²) in [5, 5.41) is 31.2. The first kappa shape index (κ1) is 24.0. The molecule has 3 aliphatic rings. The van der Waals surface area contributed by atoms with E-state index in [1.807, 2.05) is 0 Å². The topological polar surface area (TPSA) is 77.8 Å². The Morgan fingerprint density at radius 1 is 1.07 bits per heavy atom. The van der Waals surface area contributed by atoms with Gasteiger partial charge in [-0.2, -0.15) is 0 Å². The second-order valence-corrected chi connectivity index (χ2v) is 11.4. The van der Waals surface area contributed by atoms with Gasteiger partial charge in [0.2, 0.25) is 0 Å². The molecule has 3 fully saturated rings. The van der Waals surface area contributed by atoms with Gasteiger partial charge in [-0.15, -0.1) is 0 Å². The molecule has 0 aromatic rings. The van der Waals surface area contributed by atoms with Gasteiger partial charge in [0.05, 0.1) is 12.2 Å². The molecule has 4 nitrogen and oxygen atoms in total. The third kappa shape index (κ3) is 4.75. The van der Waals surface area contributed by atoms with Gasteiger partial charge in [-0.05, 0) is 105 Å². The van der Waals surface area contributed by atoms with E-state index in [0.29, 0.717) is 35.5 Å². The van der Waals surface area contributed by atoms with Crippen LogP contribution >= 0.6 is 0 Å². The lowest BCUT2D eigenvalue weighted by Crippen LogP contribution is -2.50. The first-order valence-corrected chi connectivity index (χ1v) is 12.8. The highest BCUT2D eigenvalue weighted by atomic mass is 16.4. The second-order valence-electron chi connectivity index (χ2n) is 11.4. The van der Waals surface area contributed by atoms with E-state index in [1.165, 1.54) is 25.7 Å². The van der Waals surface area contributed by atoms with Crippen LogP contribution in [0.2, 0.25) is 0 Å². The molecule has 3 rings (SSSR count). The fourth-order valence-electron chi connectivity index (χ4n) is 8.06. The van der Waals surface area contributed by atoms with E-state index in [2.05, 4.69) is 27.7 Å². The Hall–Kier alpha value is -0.610. The summed E-state index contributed by atoms with van der Waals surface area (Å²) in [5.74, 6) is 2.59. The Labute approximate surface area is 183 Å². The van der Waals surface area contributed by atoms with Crippen molar-refractivity contribution in [1.82, 2.24) is 0 Å². The Kier molecular flexibility index (Phi) is 7.93. The summed E-state index contributed by atoms with van der Waals surface area (Å²) in [5.41, 5.74) is 0.224. The predicted molar refractivity (Wildman–Crippen MR) is 120 cm³/mol. The van der Waals surface area contributed by atoms with Crippen LogP contribution in [0.5, 0.6) is 0 Å². The van der Waals surface area contributed by atoms with E-state index in [1.54, 1.807) is 0 Å². The van der Waals surface area contributed by atoms with Crippen molar-refractivity contribution in [1.29, 1.82) is 0 Å². The summed E-state index contributed by atoms with van der Waals surface area (Å²) in [6.45, 7) is 9.27. The molecule has 0 bridgehead atoms. The van der Waals surface area contributed by atoms with E-state index >= 15 is 0 Å². The summed E-state index contributed by atoms with van der Waals surface area (Å²) in [6.07, 6.45) is 9.97. The molecule has 10 atom stereocenters. The molecule has 0 radical (unpaired) electrons. The molecule has 30 heavy (non-hydrogen) atoms. The fourth-order valence-corrected chi connectivity index (χ4v) is 8.06. The van der Waals surface area contributed by atoms with E-state index in [4.69, 9.17) is 5.11 Å². The smallest absolute Gasteiger partial charge is 0.303 e. The van der Waals surface area contributed by atoms with Crippen LogP contribution in [-0.2, 0) is 4.79 Å². The number of rotatable bonds is 5. The monoisotopic (exact) mass is 422 g/mol. The van der Waals surface area contributed by atoms with Gasteiger partial charge in [0.1, 0.15) is 0 Å². The lowest BCUT2D eigenvalue weighted by molar-refractivity contribution is -0.137. The van der Waals surface area contributed by atoms with Gasteiger partial charge in [0, 0.05) is 6.42 Å². The number of aliphatic carboxylic acids is 1. The van der Waals surface area contributed by atoms with Crippen molar-refractivity contribution in [2.24, 2.45) is 46.8 Å². The Morgan fingerprint density at radius 3 is 2.43 bits per heavy atom. The molecule has 3 saturated carbocycles. The van der Waals surface area contributed by atoms with Crippen molar-refractivity contribution in [2.75, 3.05) is 0 Å². The van der Waals surface area contributed by atoms with Crippen LogP contribution in [0.1, 0.15) is 98.3 Å². The van der Waals surface area contributed by atoms with Gasteiger partial charge in [0.15, 0.2) is 0 Å². The normalized spacial score (nSPS) is 45.9. The molecular weight excluding hydrogens is 376 g/mol. The Balaban J connectivity index is 1.85. The van der Waals surface area contributed by atoms with Crippen molar-refractivity contribution in [3.8, 4) is 0 Å². The lowest BCUT2D eigenvalue weighted by atomic mass is 9.52. The summed E-state index contributed by atoms with van der Waals surface area (Å²) in [7, 11) is 0. The summed E-state index contributed by atoms with van der Waals surface area (Å²) >= 11 is 0. The molecule has 0 unspecified atom stereocenters. The molecule has 3 N–H and O–H groups in total. The second kappa shape index (κ2) is 9.90. The first-order chi connectivity index (χ1) is 14.2. The van der Waals surface area contributed by atoms with Crippen molar-refractivity contribution >= 4 is 5.97 Å². The van der Waals surface area contributed by atoms with Crippen LogP contribution in [0, 0.1) is 46.8 Å². The third-order valence-electron chi connectivity index (χ3n) is 9.92. The number of hydrogen-bond donors (Lipinski definition) is 3. The Morgan fingerprint density at radius 2 is 1.77 bits per heavy atom. The van der Waals surface area contributed by atoms with Gasteiger partial charge in [-0.3, -0.25) is 4.79 Å². The summed E-state index contributed by atoms with van der Waals surface area (Å²) < 4.78 is 0. The van der Waals surface area contributed by atoms with Gasteiger partial charge < -0.3 is 15.3 Å². The average molecular weight is 423 g/mol. The first-order valence-electron chi connectivity index (χ1n) is 12.8. The number of carbonyl (C=O) groups is 1. The highest BCUT2D eigenvalue weighted by Gasteiger charge is 2.57. The molecule has 0 aromatic carbocycles. The zero-order valence-corrected chi connectivity index (χ0v) is 19.7. The van der Waals surface area contributed by atoms with Gasteiger partial charge >= 0.3 is 5.97 Å². The highest BCUT2D eigenvalue weighted by molar-refractivity contribution is 5.66. The standard InChI is InChI=1S/C26H46O4/c1-5-18-8-10-19(27)9-6-16(2)20-14-15-26(4)21(17(3)7-13-23(28)29)11-12-22(26)24(20)25(18)30/h16-22,24-25,27,30H,5-15H2,1-4H3,(H,28,29)/t16-,17+,18+,19+,20+,21+,22-,24+,25+,26+/m0/s1. The lowest BCUT2D eigenvalue weighted by Gasteiger charge is -2.54. The fraction of sp³-hybridized carbons (Fsp3) is 0.962. The summed E-state index contributed by atoms with van der Waals surface area (Å²) in [4.78, 5) is 11.1. The van der Waals surface area contributed by atoms with Crippen LogP contribution in [0.15, 0.2) is 0 Å². The number of carboxylic acid groups (broad SMARTS) is 1. The van der Waals surface area contributed by atoms with Gasteiger partial charge in [0.25, 0.3) is 0 Å². The molecule has 0 heterocycles. The molecule has 0 amide bonds. The molecule has 0 saturated heterocycles. The molecular formula is C26H46O4. The van der Waals surface area contributed by atoms with Crippen LogP contribution in [0.25, 0.3) is 0 Å². The van der Waals surface area contributed by atoms with Crippen molar-refractivity contribution in [3.63, 3.8) is 0 Å². The predicted octanol–water partition coefficient (Wildman–Crippen LogP) is 5.50. The summed E-state index contributed by atoms with van der Waals surface area (Å²) in [6, 6.07) is 0. The molecule has 3 aliphatic carbocycles. The van der Waals surface area contributed by atoms with Crippen molar-refractivity contribution < 1.29 is 20.1 Å². The van der Waals surface area contributed by atoms with Gasteiger partial charge in [-0.25, -0.2) is 0 Å². The molecule has 0 spiro atoms. The minimum Gasteiger partial charge on any atom is -0.481 e. The van der Waals surface area contributed by atoms with Crippen LogP contribution in [0.3, 0.4) is 0 Å². The average Bonchev–Trinajstić information content (AvgIpc) is 3.06. The number of carboxylic acids is 1. The quantitative estimate of drug-likeness (QED) is 0.546. The molecule has 0 aromatic heterocycles. The highest BCUT2D eigenvalue weighted by Crippen LogP contribution is 2.63. The number of hydrogen-bond acceptors (Lipinski definition) is 3. The number of fused-ring (bicyclic) bond motifs is 3. The van der Waals surface area contributed by atoms with E-state index in [0.717, 1.165) is 38.5 Å². The maximum Gasteiger partial charge on any atom is 0.303 e. The Bertz CT molecular complexity index is 577. The van der Waals surface area contributed by atoms with Crippen molar-refractivity contribution in [3.05, 3.63) is 0 Å². The SMILES string of the molecule is CC[C@@H]1CC[C@H](O)CC[C@H](C)[C@H]2CC[C@]3(C)[C@@H]([C@H](C)CCC(=O)O)CC[C@H]3[C@@H]2[C@@H]1O. The molecule has 174 valence electrons. The molecule has 0 aliphatic heterocycles. The third-order valence-corrected chi connectivity index (χ3v) is 9.92. The zero-order valence-electron chi connectivity index (χ0n) is 19.7.